The van der Waals surface area contributed by atoms with Crippen molar-refractivity contribution in [3.8, 4) is 11.8 Å². The zero-order valence-corrected chi connectivity index (χ0v) is 13.1. The highest BCUT2D eigenvalue weighted by atomic mass is 16.2. The van der Waals surface area contributed by atoms with Crippen LogP contribution in [0.1, 0.15) is 42.3 Å². The number of benzene rings is 1. The van der Waals surface area contributed by atoms with Gasteiger partial charge in [-0.15, -0.1) is 0 Å². The lowest BCUT2D eigenvalue weighted by Crippen LogP contribution is -2.34. The first-order valence-corrected chi connectivity index (χ1v) is 6.79. The molecule has 0 unspecified atom stereocenters. The highest BCUT2D eigenvalue weighted by molar-refractivity contribution is 5.94. The summed E-state index contributed by atoms with van der Waals surface area (Å²) in [7, 11) is 1.83. The molecular formula is C17H24N2O. The first kappa shape index (κ1) is 16.3. The summed E-state index contributed by atoms with van der Waals surface area (Å²) in [5, 5.41) is 0. The van der Waals surface area contributed by atoms with E-state index in [4.69, 9.17) is 5.73 Å². The third-order valence-corrected chi connectivity index (χ3v) is 2.87. The van der Waals surface area contributed by atoms with E-state index in [1.807, 2.05) is 32.2 Å². The number of hydrogen-bond acceptors (Lipinski definition) is 2. The molecule has 0 aliphatic carbocycles. The fraction of sp³-hybridized carbons (Fsp3) is 0.471. The van der Waals surface area contributed by atoms with E-state index in [-0.39, 0.29) is 11.3 Å². The molecule has 0 saturated heterocycles. The van der Waals surface area contributed by atoms with Gasteiger partial charge in [0.25, 0.3) is 5.91 Å². The second-order valence-electron chi connectivity index (χ2n) is 6.26. The van der Waals surface area contributed by atoms with Crippen molar-refractivity contribution in [2.24, 2.45) is 11.1 Å². The van der Waals surface area contributed by atoms with Crippen molar-refractivity contribution in [3.63, 3.8) is 0 Å². The van der Waals surface area contributed by atoms with Crippen LogP contribution >= 0.6 is 0 Å². The van der Waals surface area contributed by atoms with Gasteiger partial charge in [0.05, 0.1) is 6.54 Å². The second kappa shape index (κ2) is 6.58. The van der Waals surface area contributed by atoms with Crippen LogP contribution in [-0.2, 0) is 0 Å². The van der Waals surface area contributed by atoms with Crippen molar-refractivity contribution in [1.29, 1.82) is 0 Å². The summed E-state index contributed by atoms with van der Waals surface area (Å²) in [6, 6.07) is 5.63. The Kier molecular flexibility index (Phi) is 5.35. The molecule has 0 aliphatic rings. The van der Waals surface area contributed by atoms with Crippen LogP contribution in [0.5, 0.6) is 0 Å². The summed E-state index contributed by atoms with van der Waals surface area (Å²) in [4.78, 5) is 14.2. The van der Waals surface area contributed by atoms with E-state index < -0.39 is 0 Å². The quantitative estimate of drug-likeness (QED) is 0.840. The van der Waals surface area contributed by atoms with Crippen molar-refractivity contribution >= 4 is 5.91 Å². The number of rotatable bonds is 2. The Hall–Kier alpha value is -1.79. The minimum absolute atomic E-state index is 0.0238. The number of amides is 1. The van der Waals surface area contributed by atoms with Crippen LogP contribution in [0, 0.1) is 24.2 Å². The lowest BCUT2D eigenvalue weighted by atomic mass is 9.96. The maximum absolute atomic E-state index is 12.4. The van der Waals surface area contributed by atoms with Crippen LogP contribution in [0.3, 0.4) is 0 Å². The predicted octanol–water partition coefficient (Wildman–Crippen LogP) is 2.42. The zero-order chi connectivity index (χ0) is 15.3. The Morgan fingerprint density at radius 3 is 2.55 bits per heavy atom. The monoisotopic (exact) mass is 272 g/mol. The molecule has 1 aromatic rings. The molecule has 0 spiro atoms. The SMILES string of the molecule is Cc1ccc(C(=O)N(C)CC(C)(C)C)cc1C#CCN. The Labute approximate surface area is 122 Å². The molecule has 3 nitrogen and oxygen atoms in total. The number of hydrogen-bond donors (Lipinski definition) is 1. The number of aryl methyl sites for hydroxylation is 1. The van der Waals surface area contributed by atoms with Gasteiger partial charge in [0, 0.05) is 24.7 Å². The minimum atomic E-state index is 0.0238. The topological polar surface area (TPSA) is 46.3 Å². The van der Waals surface area contributed by atoms with E-state index in [0.29, 0.717) is 18.7 Å². The average Bonchev–Trinajstić information content (AvgIpc) is 2.35. The Morgan fingerprint density at radius 1 is 1.35 bits per heavy atom. The Balaban J connectivity index is 2.99. The number of nitrogens with zero attached hydrogens (tertiary/aromatic N) is 1. The first-order chi connectivity index (χ1) is 9.24. The van der Waals surface area contributed by atoms with Gasteiger partial charge in [-0.2, -0.15) is 0 Å². The summed E-state index contributed by atoms with van der Waals surface area (Å²) >= 11 is 0. The summed E-state index contributed by atoms with van der Waals surface area (Å²) in [5.74, 6) is 5.86. The molecule has 3 heteroatoms. The number of carbonyl (C=O) groups excluding carboxylic acids is 1. The van der Waals surface area contributed by atoms with Crippen LogP contribution in [-0.4, -0.2) is 30.9 Å². The van der Waals surface area contributed by atoms with Crippen molar-refractivity contribution in [1.82, 2.24) is 4.90 Å². The highest BCUT2D eigenvalue weighted by Crippen LogP contribution is 2.17. The standard InChI is InChI=1S/C17H24N2O/c1-13-8-9-15(11-14(13)7-6-10-18)16(20)19(5)12-17(2,3)4/h8-9,11H,10,12,18H2,1-5H3. The van der Waals surface area contributed by atoms with Gasteiger partial charge in [0.2, 0.25) is 0 Å². The molecular weight excluding hydrogens is 248 g/mol. The van der Waals surface area contributed by atoms with Gasteiger partial charge in [-0.1, -0.05) is 38.7 Å². The van der Waals surface area contributed by atoms with E-state index in [2.05, 4.69) is 32.6 Å². The van der Waals surface area contributed by atoms with Crippen molar-refractivity contribution in [2.75, 3.05) is 20.1 Å². The van der Waals surface area contributed by atoms with Crippen LogP contribution < -0.4 is 5.73 Å². The Bertz CT molecular complexity index is 544. The van der Waals surface area contributed by atoms with E-state index in [1.54, 1.807) is 4.90 Å². The third kappa shape index (κ3) is 4.71. The Morgan fingerprint density at radius 2 is 2.00 bits per heavy atom. The third-order valence-electron chi connectivity index (χ3n) is 2.87. The maximum atomic E-state index is 12.4. The van der Waals surface area contributed by atoms with Crippen molar-refractivity contribution < 1.29 is 4.79 Å². The molecule has 0 bridgehead atoms. The van der Waals surface area contributed by atoms with Crippen LogP contribution in [0.2, 0.25) is 0 Å². The molecule has 0 aromatic heterocycles. The molecule has 0 radical (unpaired) electrons. The molecule has 20 heavy (non-hydrogen) atoms. The first-order valence-electron chi connectivity index (χ1n) is 6.79. The number of carbonyl (C=O) groups is 1. The second-order valence-corrected chi connectivity index (χ2v) is 6.26. The minimum Gasteiger partial charge on any atom is -0.341 e. The fourth-order valence-corrected chi connectivity index (χ4v) is 2.04. The zero-order valence-electron chi connectivity index (χ0n) is 13.1. The van der Waals surface area contributed by atoms with Crippen LogP contribution in [0.25, 0.3) is 0 Å². The van der Waals surface area contributed by atoms with Crippen molar-refractivity contribution in [3.05, 3.63) is 34.9 Å². The van der Waals surface area contributed by atoms with Gasteiger partial charge < -0.3 is 10.6 Å². The van der Waals surface area contributed by atoms with Gasteiger partial charge >= 0.3 is 0 Å². The van der Waals surface area contributed by atoms with Crippen LogP contribution in [0.4, 0.5) is 0 Å². The average molecular weight is 272 g/mol. The molecule has 1 aromatic carbocycles. The number of nitrogens with two attached hydrogens (primary N) is 1. The summed E-state index contributed by atoms with van der Waals surface area (Å²) in [6.45, 7) is 9.36. The van der Waals surface area contributed by atoms with E-state index in [9.17, 15) is 4.79 Å². The predicted molar refractivity (Wildman–Crippen MR) is 83.5 cm³/mol. The normalized spacial score (nSPS) is 10.7. The molecule has 1 amide bonds. The van der Waals surface area contributed by atoms with Gasteiger partial charge in [-0.05, 0) is 30.0 Å². The van der Waals surface area contributed by atoms with E-state index >= 15 is 0 Å². The van der Waals surface area contributed by atoms with Gasteiger partial charge in [0.15, 0.2) is 0 Å². The molecule has 0 atom stereocenters. The van der Waals surface area contributed by atoms with Gasteiger partial charge in [-0.3, -0.25) is 4.79 Å². The lowest BCUT2D eigenvalue weighted by Gasteiger charge is -2.26. The van der Waals surface area contributed by atoms with Gasteiger partial charge in [0.1, 0.15) is 0 Å². The molecule has 0 heterocycles. The smallest absolute Gasteiger partial charge is 0.253 e. The summed E-state index contributed by atoms with van der Waals surface area (Å²) < 4.78 is 0. The molecule has 108 valence electrons. The lowest BCUT2D eigenvalue weighted by molar-refractivity contribution is 0.0745. The molecule has 2 N–H and O–H groups in total. The molecule has 0 fully saturated rings. The summed E-state index contributed by atoms with van der Waals surface area (Å²) in [6.07, 6.45) is 0. The van der Waals surface area contributed by atoms with Crippen molar-refractivity contribution in [2.45, 2.75) is 27.7 Å². The highest BCUT2D eigenvalue weighted by Gasteiger charge is 2.19. The molecule has 1 rings (SSSR count). The molecule has 0 aliphatic heterocycles. The maximum Gasteiger partial charge on any atom is 0.253 e. The van der Waals surface area contributed by atoms with Crippen LogP contribution in [0.15, 0.2) is 18.2 Å². The van der Waals surface area contributed by atoms with Gasteiger partial charge in [-0.25, -0.2) is 0 Å². The summed E-state index contributed by atoms with van der Waals surface area (Å²) in [5.41, 5.74) is 8.07. The van der Waals surface area contributed by atoms with E-state index in [1.165, 1.54) is 0 Å². The van der Waals surface area contributed by atoms with E-state index in [0.717, 1.165) is 11.1 Å². The fourth-order valence-electron chi connectivity index (χ4n) is 2.04. The largest absolute Gasteiger partial charge is 0.341 e. The molecule has 0 saturated carbocycles.